The number of carbonyl (C=O) groups excluding carboxylic acids is 1. The standard InChI is InChI=1S/C17H24FN3O4/c1-11-9-14(15(21(23)24)10-13(11)18)19-12-5-7-20(8-6-12)16(22)25-17(2,3)4/h9-10,12,19H,5-8H2,1-4H3. The number of halogens is 1. The van der Waals surface area contributed by atoms with E-state index in [1.807, 2.05) is 20.8 Å². The van der Waals surface area contributed by atoms with Crippen LogP contribution in [0.4, 0.5) is 20.6 Å². The average molecular weight is 353 g/mol. The van der Waals surface area contributed by atoms with E-state index >= 15 is 0 Å². The van der Waals surface area contributed by atoms with Crippen LogP contribution in [0, 0.1) is 22.9 Å². The summed E-state index contributed by atoms with van der Waals surface area (Å²) in [6, 6.07) is 2.36. The van der Waals surface area contributed by atoms with Crippen LogP contribution in [0.15, 0.2) is 12.1 Å². The summed E-state index contributed by atoms with van der Waals surface area (Å²) in [4.78, 5) is 24.2. The summed E-state index contributed by atoms with van der Waals surface area (Å²) in [5.41, 5.74) is -0.171. The van der Waals surface area contributed by atoms with E-state index < -0.39 is 16.3 Å². The minimum absolute atomic E-state index is 0.0257. The Morgan fingerprint density at radius 1 is 1.36 bits per heavy atom. The van der Waals surface area contributed by atoms with Crippen molar-refractivity contribution in [2.75, 3.05) is 18.4 Å². The molecule has 7 nitrogen and oxygen atoms in total. The third-order valence-corrected chi connectivity index (χ3v) is 3.98. The van der Waals surface area contributed by atoms with Crippen molar-refractivity contribution in [1.82, 2.24) is 4.90 Å². The van der Waals surface area contributed by atoms with Crippen LogP contribution in [-0.4, -0.2) is 40.6 Å². The Hall–Kier alpha value is -2.38. The molecule has 0 unspecified atom stereocenters. The lowest BCUT2D eigenvalue weighted by atomic mass is 10.0. The van der Waals surface area contributed by atoms with Crippen LogP contribution >= 0.6 is 0 Å². The van der Waals surface area contributed by atoms with E-state index in [-0.39, 0.29) is 17.8 Å². The van der Waals surface area contributed by atoms with Crippen LogP contribution in [0.2, 0.25) is 0 Å². The highest BCUT2D eigenvalue weighted by Gasteiger charge is 2.28. The summed E-state index contributed by atoms with van der Waals surface area (Å²) >= 11 is 0. The molecule has 0 radical (unpaired) electrons. The highest BCUT2D eigenvalue weighted by atomic mass is 19.1. The number of piperidine rings is 1. The maximum atomic E-state index is 13.6. The second kappa shape index (κ2) is 7.25. The molecule has 0 aliphatic carbocycles. The zero-order chi connectivity index (χ0) is 18.8. The van der Waals surface area contributed by atoms with E-state index in [4.69, 9.17) is 4.74 Å². The number of hydrogen-bond donors (Lipinski definition) is 1. The summed E-state index contributed by atoms with van der Waals surface area (Å²) in [7, 11) is 0. The first-order chi connectivity index (χ1) is 11.6. The van der Waals surface area contributed by atoms with E-state index in [2.05, 4.69) is 5.32 Å². The molecule has 1 aliphatic rings. The first-order valence-electron chi connectivity index (χ1n) is 8.26. The molecule has 1 amide bonds. The molecule has 0 saturated carbocycles. The lowest BCUT2D eigenvalue weighted by Gasteiger charge is -2.34. The number of rotatable bonds is 3. The molecule has 1 aromatic rings. The topological polar surface area (TPSA) is 84.7 Å². The van der Waals surface area contributed by atoms with Gasteiger partial charge in [-0.1, -0.05) is 0 Å². The predicted molar refractivity (Wildman–Crippen MR) is 92.2 cm³/mol. The van der Waals surface area contributed by atoms with Crippen molar-refractivity contribution in [1.29, 1.82) is 0 Å². The number of ether oxygens (including phenoxy) is 1. The predicted octanol–water partition coefficient (Wildman–Crippen LogP) is 3.85. The van der Waals surface area contributed by atoms with Gasteiger partial charge in [0.15, 0.2) is 0 Å². The Bertz CT molecular complexity index is 665. The van der Waals surface area contributed by atoms with Crippen molar-refractivity contribution in [3.8, 4) is 0 Å². The summed E-state index contributed by atoms with van der Waals surface area (Å²) in [5.74, 6) is -0.600. The zero-order valence-electron chi connectivity index (χ0n) is 15.0. The monoisotopic (exact) mass is 353 g/mol. The summed E-state index contributed by atoms with van der Waals surface area (Å²) in [6.07, 6.45) is 0.911. The second-order valence-corrected chi connectivity index (χ2v) is 7.26. The van der Waals surface area contributed by atoms with Gasteiger partial charge in [-0.15, -0.1) is 0 Å². The number of nitro groups is 1. The van der Waals surface area contributed by atoms with Gasteiger partial charge in [-0.3, -0.25) is 10.1 Å². The summed E-state index contributed by atoms with van der Waals surface area (Å²) in [6.45, 7) is 8.01. The molecule has 0 bridgehead atoms. The van der Waals surface area contributed by atoms with Crippen molar-refractivity contribution in [3.05, 3.63) is 33.6 Å². The lowest BCUT2D eigenvalue weighted by Crippen LogP contribution is -2.44. The summed E-state index contributed by atoms with van der Waals surface area (Å²) < 4.78 is 18.9. The van der Waals surface area contributed by atoms with Crippen LogP contribution in [0.3, 0.4) is 0 Å². The van der Waals surface area contributed by atoms with Gasteiger partial charge in [0.1, 0.15) is 17.1 Å². The molecular formula is C17H24FN3O4. The molecule has 2 rings (SSSR count). The largest absolute Gasteiger partial charge is 0.444 e. The Kier molecular flexibility index (Phi) is 5.49. The fraction of sp³-hybridized carbons (Fsp3) is 0.588. The Morgan fingerprint density at radius 3 is 2.48 bits per heavy atom. The highest BCUT2D eigenvalue weighted by molar-refractivity contribution is 5.68. The van der Waals surface area contributed by atoms with Gasteiger partial charge in [-0.2, -0.15) is 0 Å². The highest BCUT2D eigenvalue weighted by Crippen LogP contribution is 2.29. The molecular weight excluding hydrogens is 329 g/mol. The number of nitrogens with one attached hydrogen (secondary N) is 1. The maximum absolute atomic E-state index is 13.6. The second-order valence-electron chi connectivity index (χ2n) is 7.26. The molecule has 0 atom stereocenters. The Balaban J connectivity index is 2.00. The van der Waals surface area contributed by atoms with Crippen molar-refractivity contribution in [2.45, 2.75) is 52.2 Å². The van der Waals surface area contributed by atoms with Crippen molar-refractivity contribution in [2.24, 2.45) is 0 Å². The number of anilines is 1. The first kappa shape index (κ1) is 19.0. The number of carbonyl (C=O) groups is 1. The van der Waals surface area contributed by atoms with E-state index in [0.717, 1.165) is 6.07 Å². The van der Waals surface area contributed by atoms with Crippen LogP contribution in [-0.2, 0) is 4.74 Å². The van der Waals surface area contributed by atoms with E-state index in [1.54, 1.807) is 11.8 Å². The van der Waals surface area contributed by atoms with Gasteiger partial charge in [0.2, 0.25) is 0 Å². The maximum Gasteiger partial charge on any atom is 0.410 e. The zero-order valence-corrected chi connectivity index (χ0v) is 15.0. The smallest absolute Gasteiger partial charge is 0.410 e. The molecule has 0 aromatic heterocycles. The average Bonchev–Trinajstić information content (AvgIpc) is 2.49. The molecule has 1 aromatic carbocycles. The van der Waals surface area contributed by atoms with Crippen LogP contribution < -0.4 is 5.32 Å². The van der Waals surface area contributed by atoms with E-state index in [9.17, 15) is 19.3 Å². The van der Waals surface area contributed by atoms with Crippen molar-refractivity contribution < 1.29 is 18.8 Å². The Labute approximate surface area is 146 Å². The fourth-order valence-electron chi connectivity index (χ4n) is 2.69. The van der Waals surface area contributed by atoms with Gasteiger partial charge < -0.3 is 15.0 Å². The number of aryl methyl sites for hydroxylation is 1. The van der Waals surface area contributed by atoms with E-state index in [0.29, 0.717) is 37.2 Å². The molecule has 1 saturated heterocycles. The SMILES string of the molecule is Cc1cc(NC2CCN(C(=O)OC(C)(C)C)CC2)c([N+](=O)[O-])cc1F. The Morgan fingerprint density at radius 2 is 1.96 bits per heavy atom. The number of nitro benzene ring substituents is 1. The van der Waals surface area contributed by atoms with Crippen LogP contribution in [0.25, 0.3) is 0 Å². The molecule has 1 heterocycles. The molecule has 138 valence electrons. The molecule has 8 heteroatoms. The third kappa shape index (κ3) is 5.04. The van der Waals surface area contributed by atoms with Gasteiger partial charge in [0, 0.05) is 19.1 Å². The molecule has 25 heavy (non-hydrogen) atoms. The fourth-order valence-corrected chi connectivity index (χ4v) is 2.69. The minimum Gasteiger partial charge on any atom is -0.444 e. The van der Waals surface area contributed by atoms with Crippen molar-refractivity contribution in [3.63, 3.8) is 0 Å². The normalized spacial score (nSPS) is 15.8. The lowest BCUT2D eigenvalue weighted by molar-refractivity contribution is -0.384. The number of benzene rings is 1. The quantitative estimate of drug-likeness (QED) is 0.659. The van der Waals surface area contributed by atoms with Gasteiger partial charge >= 0.3 is 6.09 Å². The third-order valence-electron chi connectivity index (χ3n) is 3.98. The van der Waals surface area contributed by atoms with Crippen LogP contribution in [0.1, 0.15) is 39.2 Å². The minimum atomic E-state index is -0.600. The van der Waals surface area contributed by atoms with Crippen LogP contribution in [0.5, 0.6) is 0 Å². The van der Waals surface area contributed by atoms with Crippen molar-refractivity contribution >= 4 is 17.5 Å². The molecule has 1 fully saturated rings. The number of likely N-dealkylation sites (tertiary alicyclic amines) is 1. The van der Waals surface area contributed by atoms with E-state index in [1.165, 1.54) is 6.07 Å². The molecule has 1 aliphatic heterocycles. The number of amides is 1. The van der Waals surface area contributed by atoms with Gasteiger partial charge in [0.05, 0.1) is 11.0 Å². The van der Waals surface area contributed by atoms with Gasteiger partial charge in [-0.25, -0.2) is 9.18 Å². The molecule has 0 spiro atoms. The number of nitrogens with zero attached hydrogens (tertiary/aromatic N) is 2. The molecule has 1 N–H and O–H groups in total. The summed E-state index contributed by atoms with van der Waals surface area (Å²) in [5, 5.41) is 14.3. The number of hydrogen-bond acceptors (Lipinski definition) is 5. The van der Waals surface area contributed by atoms with Gasteiger partial charge in [-0.05, 0) is 52.2 Å². The van der Waals surface area contributed by atoms with Gasteiger partial charge in [0.25, 0.3) is 5.69 Å². The first-order valence-corrected chi connectivity index (χ1v) is 8.26.